The summed E-state index contributed by atoms with van der Waals surface area (Å²) in [5.41, 5.74) is 1.08. The number of nitrogens with zero attached hydrogens (tertiary/aromatic N) is 1. The molecule has 3 nitrogen and oxygen atoms in total. The molecule has 1 aromatic carbocycles. The van der Waals surface area contributed by atoms with E-state index in [9.17, 15) is 8.42 Å². The fraction of sp³-hybridized carbons (Fsp3) is 0.571. The predicted octanol–water partition coefficient (Wildman–Crippen LogP) is 3.20. The second-order valence-electron chi connectivity index (χ2n) is 4.63. The molecule has 0 aromatic heterocycles. The molecule has 1 saturated heterocycles. The lowest BCUT2D eigenvalue weighted by Crippen LogP contribution is -2.27. The molecular formula is C14H23NO2S. The zero-order valence-electron chi connectivity index (χ0n) is 11.5. The number of hydrogen-bond donors (Lipinski definition) is 0. The minimum atomic E-state index is -3.22. The van der Waals surface area contributed by atoms with Crippen molar-refractivity contribution >= 4 is 10.0 Å². The molecule has 0 bridgehead atoms. The van der Waals surface area contributed by atoms with Gasteiger partial charge < -0.3 is 0 Å². The van der Waals surface area contributed by atoms with Crippen LogP contribution >= 0.6 is 0 Å². The molecular weight excluding hydrogens is 246 g/mol. The Labute approximate surface area is 111 Å². The highest BCUT2D eigenvalue weighted by atomic mass is 32.2. The molecule has 1 heterocycles. The Hall–Kier alpha value is -0.870. The molecule has 0 atom stereocenters. The van der Waals surface area contributed by atoms with Crippen LogP contribution in [0.15, 0.2) is 29.2 Å². The van der Waals surface area contributed by atoms with Crippen LogP contribution in [-0.2, 0) is 10.0 Å². The molecule has 4 heteroatoms. The fourth-order valence-corrected chi connectivity index (χ4v) is 3.30. The highest BCUT2D eigenvalue weighted by Crippen LogP contribution is 2.20. The Kier molecular flexibility index (Phi) is 5.82. The van der Waals surface area contributed by atoms with Crippen molar-refractivity contribution in [3.63, 3.8) is 0 Å². The first-order valence-electron chi connectivity index (χ1n) is 6.59. The summed E-state index contributed by atoms with van der Waals surface area (Å²) >= 11 is 0. The van der Waals surface area contributed by atoms with Crippen molar-refractivity contribution in [2.75, 3.05) is 13.1 Å². The van der Waals surface area contributed by atoms with Gasteiger partial charge in [-0.25, -0.2) is 8.42 Å². The Balaban J connectivity index is 0.000000492. The summed E-state index contributed by atoms with van der Waals surface area (Å²) in [6.07, 6.45) is 3.20. The Bertz CT molecular complexity index is 445. The third kappa shape index (κ3) is 3.82. The highest BCUT2D eigenvalue weighted by Gasteiger charge is 2.26. The monoisotopic (exact) mass is 269 g/mol. The molecule has 102 valence electrons. The Morgan fingerprint density at radius 1 is 1.06 bits per heavy atom. The maximum Gasteiger partial charge on any atom is 0.243 e. The van der Waals surface area contributed by atoms with Crippen LogP contribution in [0.25, 0.3) is 0 Å². The average molecular weight is 269 g/mol. The molecule has 0 spiro atoms. The molecule has 1 aromatic rings. The number of aryl methyl sites for hydroxylation is 1. The van der Waals surface area contributed by atoms with E-state index in [1.54, 1.807) is 16.4 Å². The van der Waals surface area contributed by atoms with Crippen molar-refractivity contribution in [3.05, 3.63) is 29.8 Å². The van der Waals surface area contributed by atoms with Crippen LogP contribution < -0.4 is 0 Å². The third-order valence-corrected chi connectivity index (χ3v) is 4.64. The van der Waals surface area contributed by atoms with Gasteiger partial charge in [-0.15, -0.1) is 0 Å². The summed E-state index contributed by atoms with van der Waals surface area (Å²) in [5, 5.41) is 0. The van der Waals surface area contributed by atoms with Crippen LogP contribution in [0.5, 0.6) is 0 Å². The Morgan fingerprint density at radius 3 is 1.94 bits per heavy atom. The van der Waals surface area contributed by atoms with Crippen molar-refractivity contribution in [1.82, 2.24) is 4.31 Å². The molecule has 0 amide bonds. The lowest BCUT2D eigenvalue weighted by Gasteiger charge is -2.15. The molecule has 0 unspecified atom stereocenters. The summed E-state index contributed by atoms with van der Waals surface area (Å²) in [6.45, 7) is 7.53. The van der Waals surface area contributed by atoms with Crippen LogP contribution in [0.2, 0.25) is 0 Å². The second-order valence-corrected chi connectivity index (χ2v) is 6.57. The average Bonchev–Trinajstić information content (AvgIpc) is 2.84. The van der Waals surface area contributed by atoms with E-state index in [0.717, 1.165) is 18.4 Å². The van der Waals surface area contributed by atoms with E-state index >= 15 is 0 Å². The minimum absolute atomic E-state index is 0.412. The van der Waals surface area contributed by atoms with Crippen LogP contribution in [0.1, 0.15) is 38.7 Å². The summed E-state index contributed by atoms with van der Waals surface area (Å²) in [7, 11) is -3.22. The number of rotatable bonds is 2. The van der Waals surface area contributed by atoms with Crippen molar-refractivity contribution in [1.29, 1.82) is 0 Å². The van der Waals surface area contributed by atoms with Crippen molar-refractivity contribution in [2.45, 2.75) is 44.9 Å². The van der Waals surface area contributed by atoms with Gasteiger partial charge in [0.1, 0.15) is 0 Å². The lowest BCUT2D eigenvalue weighted by molar-refractivity contribution is 0.477. The van der Waals surface area contributed by atoms with E-state index in [0.29, 0.717) is 18.0 Å². The van der Waals surface area contributed by atoms with Gasteiger partial charge in [0.2, 0.25) is 10.0 Å². The molecule has 18 heavy (non-hydrogen) atoms. The number of benzene rings is 1. The van der Waals surface area contributed by atoms with E-state index in [-0.39, 0.29) is 0 Å². The van der Waals surface area contributed by atoms with Crippen LogP contribution in [0.4, 0.5) is 0 Å². The predicted molar refractivity (Wildman–Crippen MR) is 75.1 cm³/mol. The smallest absolute Gasteiger partial charge is 0.207 e. The van der Waals surface area contributed by atoms with Crippen LogP contribution in [-0.4, -0.2) is 25.8 Å². The normalized spacial score (nSPS) is 16.2. The van der Waals surface area contributed by atoms with Gasteiger partial charge in [0.25, 0.3) is 0 Å². The van der Waals surface area contributed by atoms with E-state index < -0.39 is 10.0 Å². The maximum atomic E-state index is 12.1. The fourth-order valence-electron chi connectivity index (χ4n) is 1.79. The van der Waals surface area contributed by atoms with E-state index in [1.807, 2.05) is 19.1 Å². The van der Waals surface area contributed by atoms with Crippen molar-refractivity contribution in [2.24, 2.45) is 0 Å². The Morgan fingerprint density at radius 2 is 1.50 bits per heavy atom. The number of sulfonamides is 1. The first-order chi connectivity index (χ1) is 8.52. The first-order valence-corrected chi connectivity index (χ1v) is 8.03. The summed E-state index contributed by atoms with van der Waals surface area (Å²) in [4.78, 5) is 0.412. The van der Waals surface area contributed by atoms with E-state index in [4.69, 9.17) is 0 Å². The van der Waals surface area contributed by atoms with E-state index in [1.165, 1.54) is 6.42 Å². The topological polar surface area (TPSA) is 37.4 Å². The SMILES string of the molecule is CCC.Cc1ccc(S(=O)(=O)N2CCCC2)cc1. The van der Waals surface area contributed by atoms with Crippen LogP contribution in [0, 0.1) is 6.92 Å². The molecule has 2 rings (SSSR count). The molecule has 0 saturated carbocycles. The van der Waals surface area contributed by atoms with Gasteiger partial charge in [-0.1, -0.05) is 38.0 Å². The van der Waals surface area contributed by atoms with Crippen molar-refractivity contribution in [3.8, 4) is 0 Å². The number of hydrogen-bond acceptors (Lipinski definition) is 2. The zero-order chi connectivity index (χ0) is 13.6. The van der Waals surface area contributed by atoms with Gasteiger partial charge in [-0.3, -0.25) is 0 Å². The molecule has 0 radical (unpaired) electrons. The summed E-state index contributed by atoms with van der Waals surface area (Å²) in [6, 6.07) is 7.04. The highest BCUT2D eigenvalue weighted by molar-refractivity contribution is 7.89. The standard InChI is InChI=1S/C11H15NO2S.C3H8/c1-10-4-6-11(7-5-10)15(13,14)12-8-2-3-9-12;1-3-2/h4-7H,2-3,8-9H2,1H3;3H2,1-2H3. The maximum absolute atomic E-state index is 12.1. The van der Waals surface area contributed by atoms with Gasteiger partial charge in [0.05, 0.1) is 4.90 Å². The molecule has 1 aliphatic heterocycles. The first kappa shape index (κ1) is 15.2. The van der Waals surface area contributed by atoms with Gasteiger partial charge in [-0.05, 0) is 31.9 Å². The largest absolute Gasteiger partial charge is 0.243 e. The quantitative estimate of drug-likeness (QED) is 0.827. The zero-order valence-corrected chi connectivity index (χ0v) is 12.3. The van der Waals surface area contributed by atoms with Gasteiger partial charge >= 0.3 is 0 Å². The van der Waals surface area contributed by atoms with Gasteiger partial charge in [-0.2, -0.15) is 4.31 Å². The van der Waals surface area contributed by atoms with Crippen molar-refractivity contribution < 1.29 is 8.42 Å². The molecule has 0 aliphatic carbocycles. The summed E-state index contributed by atoms with van der Waals surface area (Å²) in [5.74, 6) is 0. The molecule has 1 aliphatic rings. The van der Waals surface area contributed by atoms with Gasteiger partial charge in [0.15, 0.2) is 0 Å². The van der Waals surface area contributed by atoms with E-state index in [2.05, 4.69) is 13.8 Å². The summed E-state index contributed by atoms with van der Waals surface area (Å²) < 4.78 is 25.7. The minimum Gasteiger partial charge on any atom is -0.207 e. The van der Waals surface area contributed by atoms with Crippen LogP contribution in [0.3, 0.4) is 0 Å². The lowest BCUT2D eigenvalue weighted by atomic mass is 10.2. The molecule has 1 fully saturated rings. The third-order valence-electron chi connectivity index (χ3n) is 2.72. The second kappa shape index (κ2) is 6.90. The van der Waals surface area contributed by atoms with Gasteiger partial charge in [0, 0.05) is 13.1 Å². The molecule has 0 N–H and O–H groups in total.